The van der Waals surface area contributed by atoms with Gasteiger partial charge in [-0.3, -0.25) is 0 Å². The standard InChI is InChI=1S/C12H15N3O3S/c1-9(10-3-5-11(16)6-4-10)15(2)19(17,18)12-7-13-8-14-12/h3-9,16H,1-2H3,(H,13,14). The molecule has 0 aliphatic carbocycles. The fourth-order valence-corrected chi connectivity index (χ4v) is 2.95. The van der Waals surface area contributed by atoms with Crippen LogP contribution in [0.25, 0.3) is 0 Å². The van der Waals surface area contributed by atoms with Crippen molar-refractivity contribution in [2.45, 2.75) is 18.0 Å². The fraction of sp³-hybridized carbons (Fsp3) is 0.250. The molecule has 102 valence electrons. The quantitative estimate of drug-likeness (QED) is 0.889. The fourth-order valence-electron chi connectivity index (χ4n) is 1.71. The minimum Gasteiger partial charge on any atom is -0.508 e. The number of nitrogens with zero attached hydrogens (tertiary/aromatic N) is 2. The Morgan fingerprint density at radius 3 is 2.47 bits per heavy atom. The number of nitrogens with one attached hydrogen (secondary N) is 1. The number of H-pyrrole nitrogens is 1. The van der Waals surface area contributed by atoms with Crippen molar-refractivity contribution < 1.29 is 13.5 Å². The number of hydrogen-bond acceptors (Lipinski definition) is 4. The number of rotatable bonds is 4. The number of imidazole rings is 1. The van der Waals surface area contributed by atoms with Crippen molar-refractivity contribution in [2.75, 3.05) is 7.05 Å². The van der Waals surface area contributed by atoms with E-state index in [4.69, 9.17) is 0 Å². The number of sulfonamides is 1. The van der Waals surface area contributed by atoms with Crippen LogP contribution in [0.1, 0.15) is 18.5 Å². The van der Waals surface area contributed by atoms with Gasteiger partial charge in [-0.1, -0.05) is 12.1 Å². The molecule has 7 heteroatoms. The van der Waals surface area contributed by atoms with E-state index >= 15 is 0 Å². The van der Waals surface area contributed by atoms with Gasteiger partial charge < -0.3 is 10.1 Å². The highest BCUT2D eigenvalue weighted by atomic mass is 32.2. The lowest BCUT2D eigenvalue weighted by atomic mass is 10.1. The lowest BCUT2D eigenvalue weighted by Crippen LogP contribution is -2.30. The van der Waals surface area contributed by atoms with Gasteiger partial charge in [-0.05, 0) is 24.6 Å². The summed E-state index contributed by atoms with van der Waals surface area (Å²) < 4.78 is 25.8. The highest BCUT2D eigenvalue weighted by Crippen LogP contribution is 2.25. The molecule has 0 aliphatic heterocycles. The largest absolute Gasteiger partial charge is 0.508 e. The van der Waals surface area contributed by atoms with Crippen LogP contribution in [0.15, 0.2) is 41.8 Å². The molecule has 2 aromatic rings. The lowest BCUT2D eigenvalue weighted by molar-refractivity contribution is 0.396. The van der Waals surface area contributed by atoms with Gasteiger partial charge in [0.05, 0.1) is 12.5 Å². The zero-order valence-corrected chi connectivity index (χ0v) is 11.4. The zero-order valence-electron chi connectivity index (χ0n) is 10.6. The van der Waals surface area contributed by atoms with Gasteiger partial charge in [0.1, 0.15) is 5.75 Å². The number of aromatic nitrogens is 2. The topological polar surface area (TPSA) is 86.3 Å². The van der Waals surface area contributed by atoms with Crippen LogP contribution in [0.5, 0.6) is 5.75 Å². The first kappa shape index (κ1) is 13.6. The van der Waals surface area contributed by atoms with Crippen LogP contribution < -0.4 is 0 Å². The van der Waals surface area contributed by atoms with E-state index in [2.05, 4.69) is 9.97 Å². The summed E-state index contributed by atoms with van der Waals surface area (Å²) >= 11 is 0. The van der Waals surface area contributed by atoms with E-state index in [1.807, 2.05) is 0 Å². The van der Waals surface area contributed by atoms with Crippen LogP contribution in [-0.2, 0) is 10.0 Å². The Hall–Kier alpha value is -1.86. The Balaban J connectivity index is 2.29. The molecule has 1 heterocycles. The molecule has 2 rings (SSSR count). The summed E-state index contributed by atoms with van der Waals surface area (Å²) in [7, 11) is -2.09. The van der Waals surface area contributed by atoms with Gasteiger partial charge in [-0.25, -0.2) is 13.4 Å². The van der Waals surface area contributed by atoms with Crippen molar-refractivity contribution in [3.63, 3.8) is 0 Å². The minimum absolute atomic E-state index is 0.0561. The Morgan fingerprint density at radius 1 is 1.32 bits per heavy atom. The molecule has 0 fully saturated rings. The van der Waals surface area contributed by atoms with Crippen LogP contribution in [0, 0.1) is 0 Å². The van der Waals surface area contributed by atoms with E-state index in [-0.39, 0.29) is 16.8 Å². The molecular formula is C12H15N3O3S. The third-order valence-corrected chi connectivity index (χ3v) is 4.90. The van der Waals surface area contributed by atoms with Crippen molar-refractivity contribution in [1.29, 1.82) is 0 Å². The normalized spacial score (nSPS) is 13.6. The Kier molecular flexibility index (Phi) is 3.59. The van der Waals surface area contributed by atoms with Crippen molar-refractivity contribution in [2.24, 2.45) is 0 Å². The molecule has 0 saturated carbocycles. The van der Waals surface area contributed by atoms with Gasteiger partial charge in [0.2, 0.25) is 0 Å². The van der Waals surface area contributed by atoms with E-state index in [1.165, 1.54) is 36.0 Å². The SMILES string of the molecule is CC(c1ccc(O)cc1)N(C)S(=O)(=O)c1cnc[nH]1. The molecule has 0 bridgehead atoms. The number of aromatic amines is 1. The number of benzene rings is 1. The van der Waals surface area contributed by atoms with Crippen LogP contribution in [0.4, 0.5) is 0 Å². The zero-order chi connectivity index (χ0) is 14.0. The van der Waals surface area contributed by atoms with E-state index in [0.29, 0.717) is 0 Å². The second-order valence-electron chi connectivity index (χ2n) is 4.20. The van der Waals surface area contributed by atoms with Crippen LogP contribution in [-0.4, -0.2) is 34.8 Å². The van der Waals surface area contributed by atoms with E-state index in [9.17, 15) is 13.5 Å². The molecule has 0 aliphatic rings. The molecule has 0 radical (unpaired) electrons. The number of aromatic hydroxyl groups is 1. The highest BCUT2D eigenvalue weighted by Gasteiger charge is 2.27. The number of phenolic OH excluding ortho intramolecular Hbond substituents is 1. The molecule has 1 unspecified atom stereocenters. The molecular weight excluding hydrogens is 266 g/mol. The molecule has 6 nitrogen and oxygen atoms in total. The average Bonchev–Trinajstić information content (AvgIpc) is 2.92. The van der Waals surface area contributed by atoms with Gasteiger partial charge in [0.15, 0.2) is 5.03 Å². The van der Waals surface area contributed by atoms with Gasteiger partial charge in [0.25, 0.3) is 10.0 Å². The number of hydrogen-bond donors (Lipinski definition) is 2. The summed E-state index contributed by atoms with van der Waals surface area (Å²) in [4.78, 5) is 6.31. The smallest absolute Gasteiger partial charge is 0.260 e. The minimum atomic E-state index is -3.60. The van der Waals surface area contributed by atoms with E-state index in [1.54, 1.807) is 19.1 Å². The number of phenols is 1. The molecule has 1 aromatic carbocycles. The molecule has 0 amide bonds. The van der Waals surface area contributed by atoms with Gasteiger partial charge in [0, 0.05) is 13.1 Å². The Bertz CT molecular complexity index is 635. The summed E-state index contributed by atoms with van der Waals surface area (Å²) in [5, 5.41) is 9.30. The molecule has 0 spiro atoms. The van der Waals surface area contributed by atoms with Gasteiger partial charge in [-0.2, -0.15) is 4.31 Å². The maximum Gasteiger partial charge on any atom is 0.260 e. The van der Waals surface area contributed by atoms with Gasteiger partial charge in [-0.15, -0.1) is 0 Å². The first-order valence-electron chi connectivity index (χ1n) is 5.68. The highest BCUT2D eigenvalue weighted by molar-refractivity contribution is 7.89. The third kappa shape index (κ3) is 2.61. The third-order valence-electron chi connectivity index (χ3n) is 3.05. The summed E-state index contributed by atoms with van der Waals surface area (Å²) in [5.74, 6) is 0.148. The molecule has 1 atom stereocenters. The Morgan fingerprint density at radius 2 is 1.95 bits per heavy atom. The van der Waals surface area contributed by atoms with Gasteiger partial charge >= 0.3 is 0 Å². The maximum absolute atomic E-state index is 12.3. The first-order chi connectivity index (χ1) is 8.93. The van der Waals surface area contributed by atoms with Crippen LogP contribution in [0.3, 0.4) is 0 Å². The predicted octanol–water partition coefficient (Wildman–Crippen LogP) is 1.50. The first-order valence-corrected chi connectivity index (χ1v) is 7.12. The summed E-state index contributed by atoms with van der Waals surface area (Å²) in [6.45, 7) is 1.78. The second kappa shape index (κ2) is 5.02. The van der Waals surface area contributed by atoms with Crippen LogP contribution >= 0.6 is 0 Å². The van der Waals surface area contributed by atoms with Crippen molar-refractivity contribution in [3.8, 4) is 5.75 Å². The molecule has 2 N–H and O–H groups in total. The predicted molar refractivity (Wildman–Crippen MR) is 70.1 cm³/mol. The average molecular weight is 281 g/mol. The molecule has 1 aromatic heterocycles. The summed E-state index contributed by atoms with van der Waals surface area (Å²) in [6, 6.07) is 6.09. The van der Waals surface area contributed by atoms with Crippen molar-refractivity contribution >= 4 is 10.0 Å². The van der Waals surface area contributed by atoms with Crippen molar-refractivity contribution in [3.05, 3.63) is 42.4 Å². The lowest BCUT2D eigenvalue weighted by Gasteiger charge is -2.23. The Labute approximate surface area is 111 Å². The molecule has 19 heavy (non-hydrogen) atoms. The monoisotopic (exact) mass is 281 g/mol. The molecule has 0 saturated heterocycles. The second-order valence-corrected chi connectivity index (χ2v) is 6.17. The van der Waals surface area contributed by atoms with Crippen LogP contribution in [0.2, 0.25) is 0 Å². The van der Waals surface area contributed by atoms with E-state index < -0.39 is 10.0 Å². The summed E-state index contributed by atoms with van der Waals surface area (Å²) in [6.07, 6.45) is 2.60. The summed E-state index contributed by atoms with van der Waals surface area (Å²) in [5.41, 5.74) is 0.795. The van der Waals surface area contributed by atoms with E-state index in [0.717, 1.165) is 5.56 Å². The van der Waals surface area contributed by atoms with Crippen molar-refractivity contribution in [1.82, 2.24) is 14.3 Å². The maximum atomic E-state index is 12.3.